The third-order valence-corrected chi connectivity index (χ3v) is 8.18. The third-order valence-electron chi connectivity index (χ3n) is 8.18. The van der Waals surface area contributed by atoms with Crippen LogP contribution in [0.15, 0.2) is 121 Å². The number of nitrogens with zero attached hydrogens (tertiary/aromatic N) is 4. The summed E-state index contributed by atoms with van der Waals surface area (Å²) in [5.41, 5.74) is -1.91. The van der Waals surface area contributed by atoms with Crippen LogP contribution in [0.1, 0.15) is 47.9 Å². The lowest BCUT2D eigenvalue weighted by Crippen LogP contribution is -2.57. The molecule has 0 heterocycles. The Morgan fingerprint density at radius 1 is 0.386 bits per heavy atom. The number of hydroxylamine groups is 2. The predicted octanol–water partition coefficient (Wildman–Crippen LogP) is 6.94. The number of hydrogen-bond acceptors (Lipinski definition) is 6. The number of rotatable bonds is 16. The minimum absolute atomic E-state index is 0.128. The molecule has 10 heteroatoms. The summed E-state index contributed by atoms with van der Waals surface area (Å²) in [5.74, 6) is 0. The van der Waals surface area contributed by atoms with Crippen LogP contribution in [0.4, 0.5) is 0 Å². The van der Waals surface area contributed by atoms with E-state index in [1.165, 1.54) is 0 Å². The Morgan fingerprint density at radius 3 is 0.773 bits per heavy atom. The Labute approximate surface area is 256 Å². The van der Waals surface area contributed by atoms with Crippen LogP contribution in [-0.4, -0.2) is 30.9 Å². The zero-order chi connectivity index (χ0) is 31.4. The van der Waals surface area contributed by atoms with Gasteiger partial charge < -0.3 is 10.4 Å². The molecule has 0 saturated carbocycles. The summed E-state index contributed by atoms with van der Waals surface area (Å²) in [6.07, 6.45) is -0.750. The quantitative estimate of drug-likeness (QED) is 0.0452. The molecule has 0 saturated heterocycles. The average molecular weight is 597 g/mol. The summed E-state index contributed by atoms with van der Waals surface area (Å²) in [5, 5.41) is 54.2. The maximum Gasteiger partial charge on any atom is 0.472 e. The fourth-order valence-electron chi connectivity index (χ4n) is 5.43. The van der Waals surface area contributed by atoms with E-state index in [0.717, 1.165) is 22.3 Å². The molecule has 0 unspecified atom stereocenters. The molecule has 4 aromatic rings. The fraction of sp³-hybridized carbons (Fsp3) is 0.294. The summed E-state index contributed by atoms with van der Waals surface area (Å²) < 4.78 is 0. The number of benzene rings is 4. The van der Waals surface area contributed by atoms with Gasteiger partial charge >= 0.3 is 11.3 Å². The minimum Gasteiger partial charge on any atom is -0.561 e. The van der Waals surface area contributed by atoms with Crippen molar-refractivity contribution in [1.82, 2.24) is 0 Å². The first-order valence-corrected chi connectivity index (χ1v) is 14.7. The van der Waals surface area contributed by atoms with E-state index in [2.05, 4.69) is 0 Å². The molecule has 0 aromatic heterocycles. The summed E-state index contributed by atoms with van der Waals surface area (Å²) in [7, 11) is 0. The molecule has 10 nitrogen and oxygen atoms in total. The smallest absolute Gasteiger partial charge is 0.472 e. The Bertz CT molecular complexity index is 1330. The van der Waals surface area contributed by atoms with Crippen LogP contribution in [0.2, 0.25) is 0 Å². The van der Waals surface area contributed by atoms with Crippen LogP contribution in [0, 0.1) is 30.6 Å². The molecule has 0 spiro atoms. The van der Waals surface area contributed by atoms with Crippen molar-refractivity contribution in [2.45, 2.75) is 62.7 Å². The molecule has 0 N–H and O–H groups in total. The second-order valence-corrected chi connectivity index (χ2v) is 11.0. The topological polar surface area (TPSA) is 138 Å². The van der Waals surface area contributed by atoms with Gasteiger partial charge in [-0.1, -0.05) is 121 Å². The summed E-state index contributed by atoms with van der Waals surface area (Å²) in [6.45, 7) is 0. The van der Waals surface area contributed by atoms with Gasteiger partial charge in [-0.05, 0) is 47.9 Å². The highest BCUT2D eigenvalue weighted by Crippen LogP contribution is 2.31. The van der Waals surface area contributed by atoms with Crippen LogP contribution in [-0.2, 0) is 25.7 Å². The maximum atomic E-state index is 14.2. The van der Waals surface area contributed by atoms with Crippen molar-refractivity contribution in [2.24, 2.45) is 0 Å². The van der Waals surface area contributed by atoms with E-state index in [9.17, 15) is 30.6 Å². The van der Waals surface area contributed by atoms with E-state index >= 15 is 0 Å². The van der Waals surface area contributed by atoms with Gasteiger partial charge in [0.2, 0.25) is 0 Å². The highest BCUT2D eigenvalue weighted by molar-refractivity contribution is 5.18. The van der Waals surface area contributed by atoms with Gasteiger partial charge in [0.15, 0.2) is 0 Å². The molecule has 228 valence electrons. The molecule has 0 aliphatic rings. The van der Waals surface area contributed by atoms with E-state index in [0.29, 0.717) is 0 Å². The van der Waals surface area contributed by atoms with Gasteiger partial charge in [0.1, 0.15) is 19.6 Å². The standard InChI is InChI=1S/C34H36N4O6/c39-35(33(37(41)42,25-21-29-13-5-1-6-14-29)26-22-30-15-7-2-8-16-30)36(40)34(38(43)44,27-23-31-17-9-3-10-18-31)28-24-32-19-11-4-12-20-32/h1-20H,21-28H2/b36-35+. The fourth-order valence-corrected chi connectivity index (χ4v) is 5.43. The van der Waals surface area contributed by atoms with Crippen LogP contribution >= 0.6 is 0 Å². The van der Waals surface area contributed by atoms with Crippen molar-refractivity contribution in [3.63, 3.8) is 0 Å². The van der Waals surface area contributed by atoms with E-state index in [4.69, 9.17) is 0 Å². The van der Waals surface area contributed by atoms with Crippen molar-refractivity contribution in [3.8, 4) is 0 Å². The zero-order valence-electron chi connectivity index (χ0n) is 24.4. The van der Waals surface area contributed by atoms with E-state index in [1.54, 1.807) is 97.1 Å². The first-order valence-electron chi connectivity index (χ1n) is 14.7. The van der Waals surface area contributed by atoms with E-state index in [-0.39, 0.29) is 61.1 Å². The van der Waals surface area contributed by atoms with Crippen molar-refractivity contribution in [3.05, 3.63) is 174 Å². The zero-order valence-corrected chi connectivity index (χ0v) is 24.4. The van der Waals surface area contributed by atoms with E-state index < -0.39 is 21.2 Å². The van der Waals surface area contributed by atoms with Gasteiger partial charge in [0.05, 0.1) is 25.7 Å². The molecule has 0 atom stereocenters. The molecule has 0 radical (unpaired) electrons. The largest absolute Gasteiger partial charge is 0.561 e. The van der Waals surface area contributed by atoms with Crippen molar-refractivity contribution < 1.29 is 19.6 Å². The SMILES string of the molecule is O=[N+]([O-])C(CCc1ccccc1)(CCc1ccccc1)/[N+]([O-])=[N+](\[O-])C(CCc1ccccc1)(CCc1ccccc1)[N+](=O)[O-]. The molecule has 0 amide bonds. The van der Waals surface area contributed by atoms with Crippen LogP contribution < -0.4 is 0 Å². The lowest BCUT2D eigenvalue weighted by Gasteiger charge is -2.25. The Kier molecular flexibility index (Phi) is 10.7. The molecule has 0 fully saturated rings. The molecule has 4 aromatic carbocycles. The Hall–Kier alpha value is -5.12. The number of aryl methyl sites for hydroxylation is 4. The average Bonchev–Trinajstić information content (AvgIpc) is 3.06. The second-order valence-electron chi connectivity index (χ2n) is 11.0. The van der Waals surface area contributed by atoms with Crippen LogP contribution in [0.3, 0.4) is 0 Å². The highest BCUT2D eigenvalue weighted by atomic mass is 16.7. The van der Waals surface area contributed by atoms with Crippen LogP contribution in [0.5, 0.6) is 0 Å². The van der Waals surface area contributed by atoms with Crippen molar-refractivity contribution in [1.29, 1.82) is 0 Å². The molecular weight excluding hydrogens is 560 g/mol. The molecule has 4 rings (SSSR count). The van der Waals surface area contributed by atoms with Gasteiger partial charge in [0, 0.05) is 0 Å². The lowest BCUT2D eigenvalue weighted by atomic mass is 9.92. The molecular formula is C34H36N4O6. The number of nitro groups is 2. The summed E-state index contributed by atoms with van der Waals surface area (Å²) in [4.78, 5) is 23.8. The normalized spacial score (nSPS) is 12.4. The molecule has 44 heavy (non-hydrogen) atoms. The Balaban J connectivity index is 1.80. The molecule has 0 aliphatic carbocycles. The molecule has 0 bridgehead atoms. The highest BCUT2D eigenvalue weighted by Gasteiger charge is 2.63. The first kappa shape index (κ1) is 31.8. The van der Waals surface area contributed by atoms with Gasteiger partial charge in [-0.15, -0.1) is 0 Å². The minimum atomic E-state index is -2.45. The lowest BCUT2D eigenvalue weighted by molar-refractivity contribution is -1.11. The first-order chi connectivity index (χ1) is 21.3. The monoisotopic (exact) mass is 596 g/mol. The van der Waals surface area contributed by atoms with Gasteiger partial charge in [0.25, 0.3) is 0 Å². The third kappa shape index (κ3) is 7.63. The number of hydrogen-bond donors (Lipinski definition) is 0. The van der Waals surface area contributed by atoms with Crippen molar-refractivity contribution >= 4 is 0 Å². The maximum absolute atomic E-state index is 14.2. The summed E-state index contributed by atoms with van der Waals surface area (Å²) >= 11 is 0. The van der Waals surface area contributed by atoms with Gasteiger partial charge in [-0.25, -0.2) is 0 Å². The van der Waals surface area contributed by atoms with E-state index in [1.807, 2.05) is 24.3 Å². The Morgan fingerprint density at radius 2 is 0.591 bits per heavy atom. The second kappa shape index (κ2) is 14.9. The van der Waals surface area contributed by atoms with Crippen LogP contribution in [0.25, 0.3) is 0 Å². The van der Waals surface area contributed by atoms with Gasteiger partial charge in [-0.2, -0.15) is 0 Å². The summed E-state index contributed by atoms with van der Waals surface area (Å²) in [6, 6.07) is 35.8. The number of azo groups is 1. The van der Waals surface area contributed by atoms with Crippen molar-refractivity contribution in [2.75, 3.05) is 0 Å². The van der Waals surface area contributed by atoms with Gasteiger partial charge in [-0.3, -0.25) is 20.2 Å². The predicted molar refractivity (Wildman–Crippen MR) is 166 cm³/mol. The molecule has 0 aliphatic heterocycles.